The van der Waals surface area contributed by atoms with E-state index in [1.54, 1.807) is 64.9 Å². The molecule has 3 atom stereocenters. The smallest absolute Gasteiger partial charge is 0.273 e. The van der Waals surface area contributed by atoms with Gasteiger partial charge >= 0.3 is 0 Å². The number of nitrogens with zero attached hydrogens (tertiary/aromatic N) is 5. The lowest BCUT2D eigenvalue weighted by Gasteiger charge is -2.37. The second-order valence-corrected chi connectivity index (χ2v) is 11.6. The topological polar surface area (TPSA) is 112 Å². The third kappa shape index (κ3) is 4.93. The number of amides is 2. The zero-order chi connectivity index (χ0) is 28.2. The molecule has 9 nitrogen and oxygen atoms in total. The Labute approximate surface area is 237 Å². The van der Waals surface area contributed by atoms with Crippen molar-refractivity contribution in [2.45, 2.75) is 64.4 Å². The van der Waals surface area contributed by atoms with Gasteiger partial charge in [-0.25, -0.2) is 0 Å². The highest BCUT2D eigenvalue weighted by Crippen LogP contribution is 2.35. The molecule has 4 heterocycles. The van der Waals surface area contributed by atoms with Crippen molar-refractivity contribution in [3.8, 4) is 0 Å². The van der Waals surface area contributed by atoms with Gasteiger partial charge in [-0.05, 0) is 52.0 Å². The Balaban J connectivity index is 1.47. The van der Waals surface area contributed by atoms with Gasteiger partial charge in [0.1, 0.15) is 5.69 Å². The van der Waals surface area contributed by atoms with Gasteiger partial charge in [0.2, 0.25) is 0 Å². The Morgan fingerprint density at radius 2 is 1.95 bits per heavy atom. The van der Waals surface area contributed by atoms with Crippen LogP contribution in [0.3, 0.4) is 0 Å². The molecule has 1 unspecified atom stereocenters. The molecule has 3 aromatic rings. The summed E-state index contributed by atoms with van der Waals surface area (Å²) < 4.78 is 1.63. The maximum Gasteiger partial charge on any atom is 0.273 e. The van der Waals surface area contributed by atoms with Gasteiger partial charge in [0, 0.05) is 41.9 Å². The molecule has 2 amide bonds. The highest BCUT2D eigenvalue weighted by atomic mass is 35.5. The Bertz CT molecular complexity index is 1430. The van der Waals surface area contributed by atoms with E-state index in [9.17, 15) is 19.8 Å². The molecule has 0 saturated heterocycles. The lowest BCUT2D eigenvalue weighted by molar-refractivity contribution is 0.0508. The summed E-state index contributed by atoms with van der Waals surface area (Å²) in [4.78, 5) is 35.3. The maximum atomic E-state index is 13.9. The van der Waals surface area contributed by atoms with Crippen LogP contribution in [-0.4, -0.2) is 65.8 Å². The van der Waals surface area contributed by atoms with Crippen molar-refractivity contribution in [3.63, 3.8) is 0 Å². The zero-order valence-electron chi connectivity index (χ0n) is 22.2. The Kier molecular flexibility index (Phi) is 7.22. The first-order valence-electron chi connectivity index (χ1n) is 12.9. The molecule has 2 aliphatic heterocycles. The van der Waals surface area contributed by atoms with Crippen LogP contribution in [0.5, 0.6) is 0 Å². The molecule has 1 aromatic carbocycles. The van der Waals surface area contributed by atoms with Crippen LogP contribution in [0.25, 0.3) is 0 Å². The van der Waals surface area contributed by atoms with Crippen LogP contribution in [0.2, 0.25) is 10.0 Å². The molecule has 5 rings (SSSR count). The number of benzene rings is 1. The second-order valence-electron chi connectivity index (χ2n) is 10.8. The molecule has 0 spiro atoms. The fourth-order valence-corrected chi connectivity index (χ4v) is 5.58. The van der Waals surface area contributed by atoms with Gasteiger partial charge in [0.05, 0.1) is 52.3 Å². The standard InChI is InChI=1S/C28H31Cl2N5O4/c1-15-9-24-20(13-33(15)26(37)17-5-7-21(29)22(30)10-17)25-27(38)34(12-19(14-36)35(25)32-24)16(2)23-8-6-18(11-31-23)28(3,4)39/h5-8,10-11,15-16,19,36,39H,9,12-14H2,1-4H3/t15-,16?,19+/m1/s1. The number of pyridine rings is 1. The third-order valence-electron chi connectivity index (χ3n) is 7.68. The second kappa shape index (κ2) is 10.2. The largest absolute Gasteiger partial charge is 0.394 e. The number of halogens is 2. The molecule has 0 fully saturated rings. The van der Waals surface area contributed by atoms with E-state index in [-0.39, 0.29) is 37.6 Å². The van der Waals surface area contributed by atoms with Crippen molar-refractivity contribution in [2.75, 3.05) is 13.2 Å². The molecule has 0 aliphatic carbocycles. The predicted octanol–water partition coefficient (Wildman–Crippen LogP) is 4.15. The Morgan fingerprint density at radius 3 is 2.56 bits per heavy atom. The lowest BCUT2D eigenvalue weighted by atomic mass is 9.96. The number of fused-ring (bicyclic) bond motifs is 3. The minimum atomic E-state index is -1.03. The lowest BCUT2D eigenvalue weighted by Crippen LogP contribution is -2.47. The van der Waals surface area contributed by atoms with Crippen molar-refractivity contribution in [3.05, 3.63) is 80.3 Å². The van der Waals surface area contributed by atoms with Gasteiger partial charge in [0.15, 0.2) is 0 Å². The summed E-state index contributed by atoms with van der Waals surface area (Å²) in [7, 11) is 0. The molecule has 2 aromatic heterocycles. The Hall–Kier alpha value is -2.98. The van der Waals surface area contributed by atoms with Crippen molar-refractivity contribution in [2.24, 2.45) is 0 Å². The van der Waals surface area contributed by atoms with Gasteiger partial charge < -0.3 is 20.0 Å². The summed E-state index contributed by atoms with van der Waals surface area (Å²) in [6, 6.07) is 7.40. The first kappa shape index (κ1) is 27.6. The van der Waals surface area contributed by atoms with E-state index in [0.717, 1.165) is 5.69 Å². The van der Waals surface area contributed by atoms with Crippen LogP contribution < -0.4 is 0 Å². The minimum Gasteiger partial charge on any atom is -0.394 e. The number of aliphatic hydroxyl groups excluding tert-OH is 1. The monoisotopic (exact) mass is 571 g/mol. The van der Waals surface area contributed by atoms with Gasteiger partial charge in [0.25, 0.3) is 11.8 Å². The van der Waals surface area contributed by atoms with E-state index in [1.165, 1.54) is 0 Å². The molecular weight excluding hydrogens is 541 g/mol. The average Bonchev–Trinajstić information content (AvgIpc) is 3.27. The van der Waals surface area contributed by atoms with Gasteiger partial charge in [-0.3, -0.25) is 19.3 Å². The highest BCUT2D eigenvalue weighted by Gasteiger charge is 2.41. The van der Waals surface area contributed by atoms with Gasteiger partial charge in [-0.1, -0.05) is 29.3 Å². The molecule has 2 N–H and O–H groups in total. The summed E-state index contributed by atoms with van der Waals surface area (Å²) in [5.41, 5.74) is 2.55. The van der Waals surface area contributed by atoms with Crippen LogP contribution in [0.4, 0.5) is 0 Å². The van der Waals surface area contributed by atoms with Crippen LogP contribution in [0.1, 0.15) is 83.1 Å². The van der Waals surface area contributed by atoms with E-state index in [1.807, 2.05) is 13.8 Å². The summed E-state index contributed by atoms with van der Waals surface area (Å²) in [6.07, 6.45) is 2.09. The van der Waals surface area contributed by atoms with Crippen molar-refractivity contribution >= 4 is 35.0 Å². The molecular formula is C28H31Cl2N5O4. The van der Waals surface area contributed by atoms with Crippen LogP contribution in [0, 0.1) is 0 Å². The van der Waals surface area contributed by atoms with E-state index in [2.05, 4.69) is 4.98 Å². The van der Waals surface area contributed by atoms with Crippen LogP contribution in [0.15, 0.2) is 36.5 Å². The number of carbonyl (C=O) groups is 2. The average molecular weight is 572 g/mol. The molecule has 39 heavy (non-hydrogen) atoms. The van der Waals surface area contributed by atoms with E-state index in [4.69, 9.17) is 28.3 Å². The third-order valence-corrected chi connectivity index (χ3v) is 8.42. The molecule has 2 aliphatic rings. The first-order chi connectivity index (χ1) is 18.4. The highest BCUT2D eigenvalue weighted by molar-refractivity contribution is 6.42. The predicted molar refractivity (Wildman–Crippen MR) is 147 cm³/mol. The fraction of sp³-hybridized carbons (Fsp3) is 0.429. The van der Waals surface area contributed by atoms with Gasteiger partial charge in [-0.2, -0.15) is 5.10 Å². The normalized spacial score (nSPS) is 20.1. The summed E-state index contributed by atoms with van der Waals surface area (Å²) in [5.74, 6) is -0.444. The summed E-state index contributed by atoms with van der Waals surface area (Å²) in [6.45, 7) is 7.48. The van der Waals surface area contributed by atoms with E-state index >= 15 is 0 Å². The van der Waals surface area contributed by atoms with Crippen molar-refractivity contribution < 1.29 is 19.8 Å². The van der Waals surface area contributed by atoms with Gasteiger partial charge in [-0.15, -0.1) is 0 Å². The zero-order valence-corrected chi connectivity index (χ0v) is 23.7. The number of rotatable bonds is 5. The quantitative estimate of drug-likeness (QED) is 0.475. The first-order valence-corrected chi connectivity index (χ1v) is 13.6. The maximum absolute atomic E-state index is 13.9. The van der Waals surface area contributed by atoms with E-state index < -0.39 is 17.7 Å². The van der Waals surface area contributed by atoms with Crippen molar-refractivity contribution in [1.29, 1.82) is 0 Å². The minimum absolute atomic E-state index is 0.160. The number of hydrogen-bond acceptors (Lipinski definition) is 6. The fourth-order valence-electron chi connectivity index (χ4n) is 5.29. The molecule has 206 valence electrons. The van der Waals surface area contributed by atoms with Crippen LogP contribution >= 0.6 is 23.2 Å². The molecule has 0 bridgehead atoms. The molecule has 11 heteroatoms. The SMILES string of the molecule is CC(c1ccc(C(C)(C)O)cn1)N1C[C@@H](CO)n2nc3c(c2C1=O)CN(C(=O)c1ccc(Cl)c(Cl)c1)[C@H](C)C3. The van der Waals surface area contributed by atoms with E-state index in [0.29, 0.717) is 44.5 Å². The number of hydrogen-bond donors (Lipinski definition) is 2. The van der Waals surface area contributed by atoms with Crippen LogP contribution in [-0.2, 0) is 18.6 Å². The molecule has 0 radical (unpaired) electrons. The molecule has 0 saturated carbocycles. The number of carbonyl (C=O) groups excluding carboxylic acids is 2. The Morgan fingerprint density at radius 1 is 1.21 bits per heavy atom. The summed E-state index contributed by atoms with van der Waals surface area (Å²) >= 11 is 12.2. The van der Waals surface area contributed by atoms with Crippen molar-refractivity contribution in [1.82, 2.24) is 24.6 Å². The number of aromatic nitrogens is 3. The summed E-state index contributed by atoms with van der Waals surface area (Å²) in [5, 5.41) is 25.9. The number of aliphatic hydroxyl groups is 2.